The summed E-state index contributed by atoms with van der Waals surface area (Å²) in [4.78, 5) is 0. The SMILES string of the molecule is CCCOc1c2cc(C(C)(C)C)cc1C[C@@]13O[C@@H]1[C@@]1(Cc4cc(C(C)(C)C)cc(c4OCCC)C[C@@]45O[C@@H]4[C@@]4(C2)O[C@@H]4[C@@H](O)[C@@H]5O)O[C@@H]1[C@@H](O)[C@@H]3O. The maximum Gasteiger partial charge on any atom is 0.131 e. The number of aliphatic hydroxyl groups is 4. The Kier molecular flexibility index (Phi) is 7.60. The van der Waals surface area contributed by atoms with Gasteiger partial charge in [-0.15, -0.1) is 0 Å². The summed E-state index contributed by atoms with van der Waals surface area (Å²) in [5.74, 6) is 1.43. The number of hydrogen-bond acceptors (Lipinski definition) is 10. The average molecular weight is 721 g/mol. The zero-order chi connectivity index (χ0) is 37.0. The van der Waals surface area contributed by atoms with E-state index in [1.807, 2.05) is 0 Å². The fourth-order valence-electron chi connectivity index (χ4n) is 10.1. The zero-order valence-corrected chi connectivity index (χ0v) is 31.8. The van der Waals surface area contributed by atoms with Crippen molar-refractivity contribution in [1.29, 1.82) is 0 Å². The fourth-order valence-corrected chi connectivity index (χ4v) is 10.1. The van der Waals surface area contributed by atoms with Crippen LogP contribution < -0.4 is 9.47 Å². The van der Waals surface area contributed by atoms with E-state index in [0.717, 1.165) is 46.2 Å². The fraction of sp³-hybridized carbons (Fsp3) is 0.714. The van der Waals surface area contributed by atoms with Crippen LogP contribution in [0.3, 0.4) is 0 Å². The van der Waals surface area contributed by atoms with E-state index in [1.54, 1.807) is 0 Å². The van der Waals surface area contributed by atoms with Crippen molar-refractivity contribution in [3.8, 4) is 11.5 Å². The largest absolute Gasteiger partial charge is 0.493 e. The molecule has 4 heterocycles. The highest BCUT2D eigenvalue weighted by Gasteiger charge is 2.86. The molecule has 4 saturated heterocycles. The molecule has 10 heteroatoms. The Labute approximate surface area is 306 Å². The average Bonchev–Trinajstić information content (AvgIpc) is 3.90. The summed E-state index contributed by atoms with van der Waals surface area (Å²) in [5, 5.41) is 46.9. The number of rotatable bonds is 6. The topological polar surface area (TPSA) is 150 Å². The molecule has 8 bridgehead atoms. The predicted octanol–water partition coefficient (Wildman–Crippen LogP) is 3.76. The highest BCUT2D eigenvalue weighted by molar-refractivity contribution is 5.54. The lowest BCUT2D eigenvalue weighted by Crippen LogP contribution is -2.55. The second-order valence-electron chi connectivity index (χ2n) is 18.9. The summed E-state index contributed by atoms with van der Waals surface area (Å²) in [7, 11) is 0. The minimum atomic E-state index is -1.16. The van der Waals surface area contributed by atoms with Gasteiger partial charge in [0.05, 0.1) is 13.2 Å². The molecule has 0 unspecified atom stereocenters. The van der Waals surface area contributed by atoms with E-state index >= 15 is 0 Å². The van der Waals surface area contributed by atoms with Gasteiger partial charge >= 0.3 is 0 Å². The summed E-state index contributed by atoms with van der Waals surface area (Å²) >= 11 is 0. The molecule has 284 valence electrons. The smallest absolute Gasteiger partial charge is 0.131 e. The van der Waals surface area contributed by atoms with Crippen molar-refractivity contribution in [2.24, 2.45) is 0 Å². The molecule has 0 radical (unpaired) electrons. The Hall–Kier alpha value is -2.28. The van der Waals surface area contributed by atoms with Gasteiger partial charge in [-0.3, -0.25) is 0 Å². The van der Waals surface area contributed by atoms with E-state index < -0.39 is 71.2 Å². The lowest BCUT2D eigenvalue weighted by Gasteiger charge is -2.34. The van der Waals surface area contributed by atoms with Crippen molar-refractivity contribution >= 4 is 0 Å². The van der Waals surface area contributed by atoms with Crippen LogP contribution in [0.15, 0.2) is 24.3 Å². The third-order valence-electron chi connectivity index (χ3n) is 13.1. The molecule has 4 aliphatic heterocycles. The molecule has 6 fully saturated rings. The minimum absolute atomic E-state index is 0.225. The Bertz CT molecular complexity index is 1670. The van der Waals surface area contributed by atoms with Crippen LogP contribution in [0.2, 0.25) is 0 Å². The number of fused-ring (bicyclic) bond motifs is 4. The molecule has 9 rings (SSSR count). The number of benzene rings is 2. The highest BCUT2D eigenvalue weighted by atomic mass is 16.7. The van der Waals surface area contributed by atoms with Gasteiger partial charge in [-0.25, -0.2) is 0 Å². The normalized spacial score (nSPS) is 42.2. The van der Waals surface area contributed by atoms with Crippen LogP contribution in [0.5, 0.6) is 11.5 Å². The molecule has 4 N–H and O–H groups in total. The van der Waals surface area contributed by atoms with Gasteiger partial charge in [0.15, 0.2) is 0 Å². The predicted molar refractivity (Wildman–Crippen MR) is 191 cm³/mol. The van der Waals surface area contributed by atoms with Crippen LogP contribution in [-0.2, 0) is 55.5 Å². The Morgan fingerprint density at radius 1 is 0.558 bits per heavy atom. The van der Waals surface area contributed by atoms with Crippen molar-refractivity contribution < 1.29 is 48.8 Å². The Morgan fingerprint density at radius 3 is 1.19 bits per heavy atom. The molecular weight excluding hydrogens is 664 g/mol. The van der Waals surface area contributed by atoms with E-state index in [1.165, 1.54) is 0 Å². The van der Waals surface area contributed by atoms with E-state index in [4.69, 9.17) is 28.4 Å². The first-order chi connectivity index (χ1) is 24.5. The van der Waals surface area contributed by atoms with Gasteiger partial charge in [0, 0.05) is 25.7 Å². The standard InChI is InChI=1S/C42H56O10/c1-9-11-47-29-21-13-25(37(3,4)5)15-23(29)19-41-33(49-41)28(44)32(46)40(36(41)52-40)18-22-14-26(38(6,7)8)16-24(30(22)48-12-10-2)20-42-34(50-42)27(43)31(45)39(17-21)35(42)51-39/h13-16,27-28,31-36,43-46H,9-12,17-20H2,1-8H3/t27-,28-,31-,32-,33+,34+,35-,36-,39-,40-,41-,42-/m0/s1. The van der Waals surface area contributed by atoms with Crippen LogP contribution in [-0.4, -0.2) is 105 Å². The Morgan fingerprint density at radius 2 is 0.885 bits per heavy atom. The van der Waals surface area contributed by atoms with Gasteiger partial charge in [0.1, 0.15) is 82.7 Å². The summed E-state index contributed by atoms with van der Waals surface area (Å²) < 4.78 is 39.5. The van der Waals surface area contributed by atoms with Crippen LogP contribution >= 0.6 is 0 Å². The van der Waals surface area contributed by atoms with Crippen molar-refractivity contribution in [3.05, 3.63) is 57.6 Å². The molecule has 52 heavy (non-hydrogen) atoms. The number of ether oxygens (including phenoxy) is 6. The van der Waals surface area contributed by atoms with E-state index in [2.05, 4.69) is 79.7 Å². The number of hydrogen-bond donors (Lipinski definition) is 4. The lowest BCUT2D eigenvalue weighted by molar-refractivity contribution is -0.0438. The van der Waals surface area contributed by atoms with E-state index in [9.17, 15) is 20.4 Å². The molecule has 10 nitrogen and oxygen atoms in total. The summed E-state index contributed by atoms with van der Waals surface area (Å²) in [5.41, 5.74) is 1.49. The third kappa shape index (κ3) is 4.91. The molecule has 2 spiro atoms. The number of epoxide rings is 4. The summed E-state index contributed by atoms with van der Waals surface area (Å²) in [6.07, 6.45) is -3.64. The van der Waals surface area contributed by atoms with Gasteiger partial charge in [-0.1, -0.05) is 79.7 Å². The molecular formula is C42H56O10. The van der Waals surface area contributed by atoms with Gasteiger partial charge in [-0.2, -0.15) is 0 Å². The quantitative estimate of drug-likeness (QED) is 0.325. The van der Waals surface area contributed by atoms with Crippen molar-refractivity contribution in [2.45, 2.75) is 176 Å². The first-order valence-corrected chi connectivity index (χ1v) is 19.5. The van der Waals surface area contributed by atoms with Crippen LogP contribution in [0.25, 0.3) is 0 Å². The molecule has 12 atom stereocenters. The molecule has 7 aliphatic rings. The van der Waals surface area contributed by atoms with Gasteiger partial charge < -0.3 is 48.8 Å². The minimum Gasteiger partial charge on any atom is -0.493 e. The van der Waals surface area contributed by atoms with Crippen LogP contribution in [0.1, 0.15) is 102 Å². The lowest BCUT2D eigenvalue weighted by atomic mass is 9.70. The van der Waals surface area contributed by atoms with Gasteiger partial charge in [0.25, 0.3) is 0 Å². The molecule has 0 amide bonds. The van der Waals surface area contributed by atoms with Gasteiger partial charge in [-0.05, 0) is 57.1 Å². The Balaban J connectivity index is 1.26. The highest BCUT2D eigenvalue weighted by Crippen LogP contribution is 2.67. The third-order valence-corrected chi connectivity index (χ3v) is 13.1. The molecule has 2 saturated carbocycles. The van der Waals surface area contributed by atoms with Crippen molar-refractivity contribution in [3.63, 3.8) is 0 Å². The van der Waals surface area contributed by atoms with Gasteiger partial charge in [0.2, 0.25) is 0 Å². The second-order valence-corrected chi connectivity index (χ2v) is 18.9. The molecule has 2 aromatic carbocycles. The summed E-state index contributed by atoms with van der Waals surface area (Å²) in [6, 6.07) is 8.68. The first-order valence-electron chi connectivity index (χ1n) is 19.5. The monoisotopic (exact) mass is 720 g/mol. The maximum absolute atomic E-state index is 11.8. The van der Waals surface area contributed by atoms with E-state index in [-0.39, 0.29) is 10.8 Å². The number of aliphatic hydroxyl groups excluding tert-OH is 4. The van der Waals surface area contributed by atoms with Crippen molar-refractivity contribution in [1.82, 2.24) is 0 Å². The molecule has 2 aromatic rings. The first kappa shape index (κ1) is 35.4. The van der Waals surface area contributed by atoms with Crippen LogP contribution in [0, 0.1) is 0 Å². The molecule has 0 aromatic heterocycles. The van der Waals surface area contributed by atoms with Crippen molar-refractivity contribution in [2.75, 3.05) is 13.2 Å². The summed E-state index contributed by atoms with van der Waals surface area (Å²) in [6.45, 7) is 18.1. The molecule has 3 aliphatic carbocycles. The second kappa shape index (κ2) is 11.2. The zero-order valence-electron chi connectivity index (χ0n) is 31.8. The van der Waals surface area contributed by atoms with Crippen LogP contribution in [0.4, 0.5) is 0 Å². The van der Waals surface area contributed by atoms with E-state index in [0.29, 0.717) is 50.4 Å². The maximum atomic E-state index is 11.8.